The van der Waals surface area contributed by atoms with Crippen LogP contribution < -0.4 is 20.8 Å². The average Bonchev–Trinajstić information content (AvgIpc) is 3.06. The van der Waals surface area contributed by atoms with Gasteiger partial charge in [0.1, 0.15) is 18.5 Å². The minimum absolute atomic E-state index is 0.392. The van der Waals surface area contributed by atoms with Crippen LogP contribution >= 0.6 is 23.1 Å². The molecule has 0 spiro atoms. The van der Waals surface area contributed by atoms with Gasteiger partial charge in [-0.15, -0.1) is 6.42 Å². The van der Waals surface area contributed by atoms with Crippen molar-refractivity contribution in [1.82, 2.24) is 29.7 Å². The molecule has 0 bridgehead atoms. The van der Waals surface area contributed by atoms with E-state index in [9.17, 15) is 4.57 Å². The first kappa shape index (κ1) is 32.4. The zero-order valence-electron chi connectivity index (χ0n) is 26.9. The zero-order chi connectivity index (χ0) is 32.4. The van der Waals surface area contributed by atoms with E-state index in [0.29, 0.717) is 44.3 Å². The Hall–Kier alpha value is -3.55. The van der Waals surface area contributed by atoms with E-state index in [2.05, 4.69) is 88.2 Å². The van der Waals surface area contributed by atoms with Crippen LogP contribution in [0.2, 0.25) is 0 Å². The van der Waals surface area contributed by atoms with Gasteiger partial charge in [-0.05, 0) is 85.4 Å². The summed E-state index contributed by atoms with van der Waals surface area (Å²) >= 11 is 3.58. The van der Waals surface area contributed by atoms with Crippen LogP contribution in [0.1, 0.15) is 30.9 Å². The molecule has 0 atom stereocenters. The van der Waals surface area contributed by atoms with Gasteiger partial charge in [-0.2, -0.15) is 4.98 Å². The first-order chi connectivity index (χ1) is 22.1. The van der Waals surface area contributed by atoms with Crippen molar-refractivity contribution in [1.29, 1.82) is 0 Å². The highest BCUT2D eigenvalue weighted by Crippen LogP contribution is 2.41. The van der Waals surface area contributed by atoms with Gasteiger partial charge in [-0.1, -0.05) is 12.8 Å². The van der Waals surface area contributed by atoms with Gasteiger partial charge in [0, 0.05) is 75.2 Å². The third-order valence-electron chi connectivity index (χ3n) is 9.01. The Morgan fingerprint density at radius 3 is 2.43 bits per heavy atom. The molecule has 2 N–H and O–H groups in total. The number of aryl methyl sites for hydroxylation is 1. The lowest BCUT2D eigenvalue weighted by atomic mass is 9.98. The standard InChI is InChI=1S/C34H41BrN9OP/c1-6-23-21-30(44-14-10-25(11-15-44)43-18-16-42(3)17-19-43)24(7-2)20-29(23)40-34-38-22-26(35)33(41-34)39-28-9-8-27-31(37-13-12-36-27)32(28)46(4,5)45/h1,8-9,12-13,20-22,25H,7,10-11,14-19H2,2-5H3,(H2,38,39,40,41). The summed E-state index contributed by atoms with van der Waals surface area (Å²) in [6.45, 7) is 12.3. The molecule has 0 unspecified atom stereocenters. The highest BCUT2D eigenvalue weighted by Gasteiger charge is 2.28. The highest BCUT2D eigenvalue weighted by atomic mass is 79.9. The summed E-state index contributed by atoms with van der Waals surface area (Å²) in [5.74, 6) is 3.81. The number of likely N-dealkylation sites (N-methyl/N-ethyl adjacent to an activating group) is 1. The van der Waals surface area contributed by atoms with Gasteiger partial charge in [0.15, 0.2) is 0 Å². The predicted octanol–water partition coefficient (Wildman–Crippen LogP) is 5.68. The number of hydrogen-bond acceptors (Lipinski definition) is 10. The predicted molar refractivity (Wildman–Crippen MR) is 193 cm³/mol. The SMILES string of the molecule is C#Cc1cc(N2CCC(N3CCN(C)CC3)CC2)c(CC)cc1Nc1ncc(Br)c(Nc2ccc3nccnc3c2P(C)(C)=O)n1. The molecule has 2 aliphatic rings. The summed E-state index contributed by atoms with van der Waals surface area (Å²) in [6.07, 6.45) is 14.2. The normalized spacial score (nSPS) is 16.8. The number of anilines is 5. The van der Waals surface area contributed by atoms with Crippen molar-refractivity contribution < 1.29 is 4.57 Å². The smallest absolute Gasteiger partial charge is 0.229 e. The maximum Gasteiger partial charge on any atom is 0.229 e. The fourth-order valence-electron chi connectivity index (χ4n) is 6.52. The van der Waals surface area contributed by atoms with Crippen LogP contribution in [0.4, 0.5) is 28.8 Å². The van der Waals surface area contributed by atoms with Crippen molar-refractivity contribution in [3.05, 3.63) is 58.5 Å². The largest absolute Gasteiger partial charge is 0.371 e. The molecule has 2 aromatic heterocycles. The summed E-state index contributed by atoms with van der Waals surface area (Å²) in [5.41, 5.74) is 5.96. The first-order valence-electron chi connectivity index (χ1n) is 15.8. The second-order valence-corrected chi connectivity index (χ2v) is 16.5. The molecule has 2 fully saturated rings. The van der Waals surface area contributed by atoms with Gasteiger partial charge < -0.3 is 25.0 Å². The molecule has 0 saturated carbocycles. The summed E-state index contributed by atoms with van der Waals surface area (Å²) < 4.78 is 14.1. The van der Waals surface area contributed by atoms with Crippen LogP contribution in [-0.2, 0) is 11.0 Å². The first-order valence-corrected chi connectivity index (χ1v) is 19.2. The van der Waals surface area contributed by atoms with Gasteiger partial charge in [0.25, 0.3) is 0 Å². The Morgan fingerprint density at radius 1 is 1.00 bits per heavy atom. The maximum absolute atomic E-state index is 13.4. The molecule has 4 aromatic rings. The van der Waals surface area contributed by atoms with Crippen molar-refractivity contribution in [2.24, 2.45) is 0 Å². The summed E-state index contributed by atoms with van der Waals surface area (Å²) in [6, 6.07) is 8.66. The van der Waals surface area contributed by atoms with Crippen LogP contribution in [-0.4, -0.2) is 95.4 Å². The van der Waals surface area contributed by atoms with Crippen molar-refractivity contribution in [3.8, 4) is 12.3 Å². The van der Waals surface area contributed by atoms with Crippen LogP contribution in [0.5, 0.6) is 0 Å². The Morgan fingerprint density at radius 2 is 1.74 bits per heavy atom. The second kappa shape index (κ2) is 13.7. The van der Waals surface area contributed by atoms with Crippen LogP contribution in [0, 0.1) is 12.3 Å². The van der Waals surface area contributed by atoms with Crippen LogP contribution in [0.3, 0.4) is 0 Å². The van der Waals surface area contributed by atoms with E-state index in [0.717, 1.165) is 69.8 Å². The van der Waals surface area contributed by atoms with Crippen molar-refractivity contribution >= 4 is 68.2 Å². The molecule has 240 valence electrons. The molecule has 0 amide bonds. The monoisotopic (exact) mass is 701 g/mol. The number of halogens is 1. The Kier molecular flexibility index (Phi) is 9.62. The van der Waals surface area contributed by atoms with Gasteiger partial charge in [-0.3, -0.25) is 14.9 Å². The number of hydrogen-bond donors (Lipinski definition) is 2. The van der Waals surface area contributed by atoms with Gasteiger partial charge >= 0.3 is 0 Å². The van der Waals surface area contributed by atoms with Gasteiger partial charge in [-0.25, -0.2) is 4.98 Å². The van der Waals surface area contributed by atoms with Crippen LogP contribution in [0.25, 0.3) is 11.0 Å². The molecule has 2 saturated heterocycles. The minimum atomic E-state index is -2.74. The number of fused-ring (bicyclic) bond motifs is 1. The van der Waals surface area contributed by atoms with Crippen LogP contribution in [0.15, 0.2) is 47.3 Å². The maximum atomic E-state index is 13.4. The quantitative estimate of drug-likeness (QED) is 0.176. The Bertz CT molecular complexity index is 1820. The molecule has 2 aliphatic heterocycles. The van der Waals surface area contributed by atoms with Crippen molar-refractivity contribution in [2.45, 2.75) is 32.2 Å². The van der Waals surface area contributed by atoms with E-state index in [1.807, 2.05) is 12.1 Å². The van der Waals surface area contributed by atoms with E-state index in [4.69, 9.17) is 11.4 Å². The van der Waals surface area contributed by atoms with E-state index >= 15 is 0 Å². The summed E-state index contributed by atoms with van der Waals surface area (Å²) in [5, 5.41) is 7.37. The fourth-order valence-corrected chi connectivity index (χ4v) is 8.21. The Labute approximate surface area is 279 Å². The number of terminal acetylenes is 1. The minimum Gasteiger partial charge on any atom is -0.371 e. The van der Waals surface area contributed by atoms with Gasteiger partial charge in [0.2, 0.25) is 5.95 Å². The molecule has 10 nitrogen and oxygen atoms in total. The number of piperazine rings is 1. The van der Waals surface area contributed by atoms with E-state index in [1.54, 1.807) is 31.9 Å². The molecule has 0 aliphatic carbocycles. The lowest BCUT2D eigenvalue weighted by Crippen LogP contribution is -2.52. The summed E-state index contributed by atoms with van der Waals surface area (Å²) in [7, 11) is -0.529. The van der Waals surface area contributed by atoms with Crippen molar-refractivity contribution in [2.75, 3.05) is 75.2 Å². The third-order valence-corrected chi connectivity index (χ3v) is 11.1. The third kappa shape index (κ3) is 6.91. The number of aromatic nitrogens is 4. The van der Waals surface area contributed by atoms with Gasteiger partial charge in [0.05, 0.1) is 26.7 Å². The molecule has 4 heterocycles. The Balaban J connectivity index is 1.23. The number of piperidine rings is 1. The molecule has 12 heteroatoms. The molecule has 6 rings (SSSR count). The number of benzene rings is 2. The number of rotatable bonds is 8. The highest BCUT2D eigenvalue weighted by molar-refractivity contribution is 9.10. The van der Waals surface area contributed by atoms with E-state index in [-0.39, 0.29) is 0 Å². The van der Waals surface area contributed by atoms with Crippen molar-refractivity contribution in [3.63, 3.8) is 0 Å². The number of nitrogens with zero attached hydrogens (tertiary/aromatic N) is 7. The molecular formula is C34H41BrN9OP. The molecule has 46 heavy (non-hydrogen) atoms. The topological polar surface area (TPSA) is 102 Å². The van der Waals surface area contributed by atoms with E-state index < -0.39 is 7.14 Å². The second-order valence-electron chi connectivity index (χ2n) is 12.5. The average molecular weight is 703 g/mol. The summed E-state index contributed by atoms with van der Waals surface area (Å²) in [4.78, 5) is 25.8. The number of nitrogens with one attached hydrogen (secondary N) is 2. The lowest BCUT2D eigenvalue weighted by molar-refractivity contribution is 0.0982. The van der Waals surface area contributed by atoms with E-state index in [1.165, 1.54) is 11.3 Å². The lowest BCUT2D eigenvalue weighted by Gasteiger charge is -2.43. The molecule has 0 radical (unpaired) electrons. The fraction of sp³-hybridized carbons (Fsp3) is 0.412. The molecule has 2 aromatic carbocycles. The molecular weight excluding hydrogens is 661 g/mol. The zero-order valence-corrected chi connectivity index (χ0v) is 29.4.